The molecular formula is C21H21Cl2N3O4S. The molecule has 7 nitrogen and oxygen atoms in total. The van der Waals surface area contributed by atoms with Crippen molar-refractivity contribution in [2.75, 3.05) is 18.4 Å². The number of anilines is 1. The SMILES string of the molecule is CCN(CC)S(=O)(=O)c1ccc(NC(=O)c2c(-c3c(Cl)cccc3Cl)noc2C)cc1. The summed E-state index contributed by atoms with van der Waals surface area (Å²) in [5.41, 5.74) is 1.23. The second kappa shape index (κ2) is 9.40. The van der Waals surface area contributed by atoms with Crippen molar-refractivity contribution < 1.29 is 17.7 Å². The van der Waals surface area contributed by atoms with Crippen LogP contribution in [0.15, 0.2) is 51.9 Å². The quantitative estimate of drug-likeness (QED) is 0.497. The topological polar surface area (TPSA) is 92.5 Å². The summed E-state index contributed by atoms with van der Waals surface area (Å²) in [4.78, 5) is 13.1. The van der Waals surface area contributed by atoms with Gasteiger partial charge in [-0.2, -0.15) is 4.31 Å². The lowest BCUT2D eigenvalue weighted by Crippen LogP contribution is -2.30. The Kier molecular flexibility index (Phi) is 7.06. The molecule has 0 saturated carbocycles. The number of hydrogen-bond acceptors (Lipinski definition) is 5. The summed E-state index contributed by atoms with van der Waals surface area (Å²) in [6.07, 6.45) is 0. The molecule has 0 aliphatic rings. The van der Waals surface area contributed by atoms with Gasteiger partial charge in [0, 0.05) is 24.3 Å². The number of aryl methyl sites for hydroxylation is 1. The average molecular weight is 482 g/mol. The van der Waals surface area contributed by atoms with Gasteiger partial charge >= 0.3 is 0 Å². The highest BCUT2D eigenvalue weighted by Crippen LogP contribution is 2.37. The van der Waals surface area contributed by atoms with Crippen molar-refractivity contribution in [1.82, 2.24) is 9.46 Å². The number of rotatable bonds is 7. The molecule has 3 aromatic rings. The van der Waals surface area contributed by atoms with E-state index in [1.807, 2.05) is 0 Å². The van der Waals surface area contributed by atoms with E-state index in [0.29, 0.717) is 40.1 Å². The Balaban J connectivity index is 1.89. The number of nitrogens with one attached hydrogen (secondary N) is 1. The molecule has 0 bridgehead atoms. The van der Waals surface area contributed by atoms with Crippen LogP contribution < -0.4 is 5.32 Å². The van der Waals surface area contributed by atoms with Gasteiger partial charge in [-0.15, -0.1) is 0 Å². The first kappa shape index (κ1) is 23.3. The molecule has 10 heteroatoms. The van der Waals surface area contributed by atoms with Gasteiger partial charge in [0.15, 0.2) is 0 Å². The number of hydrogen-bond donors (Lipinski definition) is 1. The minimum absolute atomic E-state index is 0.152. The van der Waals surface area contributed by atoms with Crippen LogP contribution in [-0.2, 0) is 10.0 Å². The molecule has 164 valence electrons. The summed E-state index contributed by atoms with van der Waals surface area (Å²) in [6.45, 7) is 5.91. The fraction of sp³-hybridized carbons (Fsp3) is 0.238. The van der Waals surface area contributed by atoms with E-state index in [1.165, 1.54) is 28.6 Å². The number of carbonyl (C=O) groups excluding carboxylic acids is 1. The Bertz CT molecular complexity index is 1180. The van der Waals surface area contributed by atoms with Crippen molar-refractivity contribution in [3.63, 3.8) is 0 Å². The van der Waals surface area contributed by atoms with Crippen LogP contribution in [0.5, 0.6) is 0 Å². The molecule has 1 aromatic heterocycles. The number of aromatic nitrogens is 1. The maximum atomic E-state index is 13.0. The lowest BCUT2D eigenvalue weighted by atomic mass is 10.1. The van der Waals surface area contributed by atoms with E-state index in [2.05, 4.69) is 10.5 Å². The maximum absolute atomic E-state index is 13.0. The first-order chi connectivity index (χ1) is 14.7. The van der Waals surface area contributed by atoms with Crippen LogP contribution in [0, 0.1) is 6.92 Å². The highest BCUT2D eigenvalue weighted by atomic mass is 35.5. The Morgan fingerprint density at radius 2 is 1.65 bits per heavy atom. The van der Waals surface area contributed by atoms with Gasteiger partial charge in [-0.05, 0) is 43.3 Å². The van der Waals surface area contributed by atoms with Crippen molar-refractivity contribution in [2.45, 2.75) is 25.7 Å². The van der Waals surface area contributed by atoms with Crippen molar-refractivity contribution in [2.24, 2.45) is 0 Å². The summed E-state index contributed by atoms with van der Waals surface area (Å²) in [5.74, 6) is -0.187. The maximum Gasteiger partial charge on any atom is 0.261 e. The lowest BCUT2D eigenvalue weighted by molar-refractivity contribution is 0.102. The zero-order valence-corrected chi connectivity index (χ0v) is 19.5. The Morgan fingerprint density at radius 3 is 2.19 bits per heavy atom. The molecule has 0 saturated heterocycles. The molecule has 0 aliphatic heterocycles. The summed E-state index contributed by atoms with van der Waals surface area (Å²) >= 11 is 12.5. The summed E-state index contributed by atoms with van der Waals surface area (Å²) in [7, 11) is -3.58. The van der Waals surface area contributed by atoms with Gasteiger partial charge in [-0.3, -0.25) is 4.79 Å². The van der Waals surface area contributed by atoms with Gasteiger partial charge < -0.3 is 9.84 Å². The second-order valence-electron chi connectivity index (χ2n) is 6.63. The molecule has 1 heterocycles. The largest absolute Gasteiger partial charge is 0.360 e. The number of benzene rings is 2. The van der Waals surface area contributed by atoms with Crippen LogP contribution in [0.25, 0.3) is 11.3 Å². The Hall–Kier alpha value is -2.39. The smallest absolute Gasteiger partial charge is 0.261 e. The van der Waals surface area contributed by atoms with Crippen molar-refractivity contribution in [3.05, 3.63) is 63.8 Å². The van der Waals surface area contributed by atoms with Crippen molar-refractivity contribution >= 4 is 44.8 Å². The third-order valence-electron chi connectivity index (χ3n) is 4.74. The molecule has 0 unspecified atom stereocenters. The van der Waals surface area contributed by atoms with Gasteiger partial charge in [0.25, 0.3) is 5.91 Å². The van der Waals surface area contributed by atoms with E-state index in [9.17, 15) is 13.2 Å². The van der Waals surface area contributed by atoms with E-state index < -0.39 is 15.9 Å². The molecule has 0 radical (unpaired) electrons. The molecule has 3 rings (SSSR count). The molecule has 2 aromatic carbocycles. The monoisotopic (exact) mass is 481 g/mol. The van der Waals surface area contributed by atoms with Crippen molar-refractivity contribution in [3.8, 4) is 11.3 Å². The zero-order valence-electron chi connectivity index (χ0n) is 17.1. The van der Waals surface area contributed by atoms with E-state index >= 15 is 0 Å². The lowest BCUT2D eigenvalue weighted by Gasteiger charge is -2.18. The van der Waals surface area contributed by atoms with Crippen LogP contribution in [0.3, 0.4) is 0 Å². The Morgan fingerprint density at radius 1 is 1.06 bits per heavy atom. The van der Waals surface area contributed by atoms with E-state index in [0.717, 1.165) is 0 Å². The van der Waals surface area contributed by atoms with E-state index in [1.54, 1.807) is 39.0 Å². The van der Waals surface area contributed by atoms with Gasteiger partial charge in [0.05, 0.1) is 14.9 Å². The molecule has 31 heavy (non-hydrogen) atoms. The summed E-state index contributed by atoms with van der Waals surface area (Å²) in [6, 6.07) is 10.9. The van der Waals surface area contributed by atoms with Crippen LogP contribution in [0.4, 0.5) is 5.69 Å². The van der Waals surface area contributed by atoms with Gasteiger partial charge in [0.2, 0.25) is 10.0 Å². The number of halogens is 2. The second-order valence-corrected chi connectivity index (χ2v) is 9.38. The van der Waals surface area contributed by atoms with E-state index in [4.69, 9.17) is 27.7 Å². The molecule has 0 aliphatic carbocycles. The fourth-order valence-corrected chi connectivity index (χ4v) is 5.19. The van der Waals surface area contributed by atoms with Crippen molar-refractivity contribution in [1.29, 1.82) is 0 Å². The average Bonchev–Trinajstić information content (AvgIpc) is 3.10. The summed E-state index contributed by atoms with van der Waals surface area (Å²) in [5, 5.41) is 7.37. The third-order valence-corrected chi connectivity index (χ3v) is 7.44. The number of nitrogens with zero attached hydrogens (tertiary/aromatic N) is 2. The molecule has 1 N–H and O–H groups in total. The van der Waals surface area contributed by atoms with Crippen LogP contribution >= 0.6 is 23.2 Å². The predicted molar refractivity (Wildman–Crippen MR) is 121 cm³/mol. The number of carbonyl (C=O) groups is 1. The zero-order chi connectivity index (χ0) is 22.8. The highest BCUT2D eigenvalue weighted by molar-refractivity contribution is 7.89. The fourth-order valence-electron chi connectivity index (χ4n) is 3.15. The van der Waals surface area contributed by atoms with Gasteiger partial charge in [-0.25, -0.2) is 8.42 Å². The summed E-state index contributed by atoms with van der Waals surface area (Å²) < 4.78 is 31.8. The number of amides is 1. The molecule has 0 spiro atoms. The third kappa shape index (κ3) is 4.62. The minimum Gasteiger partial charge on any atom is -0.360 e. The van der Waals surface area contributed by atoms with Crippen LogP contribution in [0.2, 0.25) is 10.0 Å². The minimum atomic E-state index is -3.58. The molecule has 1 amide bonds. The standard InChI is InChI=1S/C21H21Cl2N3O4S/c1-4-26(5-2)31(28,29)15-11-9-14(10-12-15)24-21(27)18-13(3)30-25-20(18)19-16(22)7-6-8-17(19)23/h6-12H,4-5H2,1-3H3,(H,24,27). The molecular weight excluding hydrogens is 461 g/mol. The van der Waals surface area contributed by atoms with Gasteiger partial charge in [-0.1, -0.05) is 48.3 Å². The molecule has 0 atom stereocenters. The first-order valence-electron chi connectivity index (χ1n) is 9.52. The Labute approximate surface area is 191 Å². The van der Waals surface area contributed by atoms with Gasteiger partial charge in [0.1, 0.15) is 17.0 Å². The molecule has 0 fully saturated rings. The first-order valence-corrected chi connectivity index (χ1v) is 11.7. The highest BCUT2D eigenvalue weighted by Gasteiger charge is 2.25. The van der Waals surface area contributed by atoms with Crippen LogP contribution in [-0.4, -0.2) is 36.9 Å². The van der Waals surface area contributed by atoms with Crippen LogP contribution in [0.1, 0.15) is 30.0 Å². The van der Waals surface area contributed by atoms with E-state index in [-0.39, 0.29) is 16.2 Å². The number of sulfonamides is 1. The predicted octanol–water partition coefficient (Wildman–Crippen LogP) is 5.24. The normalized spacial score (nSPS) is 11.7.